The first-order valence-electron chi connectivity index (χ1n) is 8.88. The fourth-order valence-electron chi connectivity index (χ4n) is 3.61. The number of nitrogens with one attached hydrogen (secondary N) is 1. The van der Waals surface area contributed by atoms with Crippen molar-refractivity contribution in [2.45, 2.75) is 25.8 Å². The number of nitrogens with two attached hydrogens (primary N) is 1. The van der Waals surface area contributed by atoms with Crippen molar-refractivity contribution < 1.29 is 0 Å². The molecule has 2 aromatic carbocycles. The molecule has 0 amide bonds. The third kappa shape index (κ3) is 3.90. The first-order chi connectivity index (χ1) is 12.6. The zero-order chi connectivity index (χ0) is 18.1. The number of nitrogens with zero attached hydrogens (tertiary/aromatic N) is 2. The summed E-state index contributed by atoms with van der Waals surface area (Å²) >= 11 is 0. The Morgan fingerprint density at radius 1 is 1.15 bits per heavy atom. The van der Waals surface area contributed by atoms with E-state index < -0.39 is 0 Å². The molecule has 1 aliphatic carbocycles. The van der Waals surface area contributed by atoms with Gasteiger partial charge in [-0.2, -0.15) is 0 Å². The predicted molar refractivity (Wildman–Crippen MR) is 117 cm³/mol. The van der Waals surface area contributed by atoms with Crippen molar-refractivity contribution >= 4 is 39.5 Å². The first-order valence-corrected chi connectivity index (χ1v) is 8.88. The molecule has 0 atom stereocenters. The number of pyridine rings is 1. The average Bonchev–Trinajstić information content (AvgIpc) is 3.11. The van der Waals surface area contributed by atoms with E-state index in [9.17, 15) is 4.79 Å². The van der Waals surface area contributed by atoms with E-state index in [1.165, 1.54) is 17.5 Å². The summed E-state index contributed by atoms with van der Waals surface area (Å²) in [5, 5.41) is 4.15. The fraction of sp³-hybridized carbons (Fsp3) is 0.238. The van der Waals surface area contributed by atoms with Crippen molar-refractivity contribution in [1.82, 2.24) is 4.57 Å². The van der Waals surface area contributed by atoms with Crippen molar-refractivity contribution in [3.8, 4) is 0 Å². The summed E-state index contributed by atoms with van der Waals surface area (Å²) in [7, 11) is 1.78. The number of halogens is 1. The topological polar surface area (TPSA) is 72.4 Å². The number of rotatable bonds is 3. The van der Waals surface area contributed by atoms with Crippen LogP contribution in [0.5, 0.6) is 0 Å². The van der Waals surface area contributed by atoms with Gasteiger partial charge in [-0.3, -0.25) is 4.79 Å². The molecule has 4 rings (SSSR count). The number of aryl methyl sites for hydroxylation is 3. The van der Waals surface area contributed by atoms with Crippen LogP contribution < -0.4 is 16.6 Å². The number of aliphatic imine (C=N–C) groups is 1. The second-order valence-corrected chi connectivity index (χ2v) is 6.76. The molecule has 1 aromatic heterocycles. The van der Waals surface area contributed by atoms with Crippen molar-refractivity contribution in [1.29, 1.82) is 0 Å². The summed E-state index contributed by atoms with van der Waals surface area (Å²) in [5.41, 5.74) is 11.3. The van der Waals surface area contributed by atoms with E-state index in [4.69, 9.17) is 5.73 Å². The molecule has 140 valence electrons. The van der Waals surface area contributed by atoms with Gasteiger partial charge >= 0.3 is 0 Å². The number of benzene rings is 2. The fourth-order valence-corrected chi connectivity index (χ4v) is 3.61. The van der Waals surface area contributed by atoms with Crippen LogP contribution in [0.3, 0.4) is 0 Å². The number of aromatic nitrogens is 1. The van der Waals surface area contributed by atoms with E-state index in [1.807, 2.05) is 36.4 Å². The zero-order valence-corrected chi connectivity index (χ0v) is 16.9. The lowest BCUT2D eigenvalue weighted by Gasteiger charge is -2.09. The predicted octanol–water partition coefficient (Wildman–Crippen LogP) is 3.53. The lowest BCUT2D eigenvalue weighted by molar-refractivity contribution is 0.869. The summed E-state index contributed by atoms with van der Waals surface area (Å²) in [4.78, 5) is 16.9. The van der Waals surface area contributed by atoms with Gasteiger partial charge in [0.25, 0.3) is 5.56 Å². The second kappa shape index (κ2) is 7.96. The lowest BCUT2D eigenvalue weighted by atomic mass is 10.1. The molecule has 0 saturated carbocycles. The van der Waals surface area contributed by atoms with E-state index in [1.54, 1.807) is 11.6 Å². The van der Waals surface area contributed by atoms with Crippen LogP contribution in [0, 0.1) is 0 Å². The van der Waals surface area contributed by atoms with Crippen molar-refractivity contribution in [2.75, 3.05) is 5.32 Å². The van der Waals surface area contributed by atoms with Gasteiger partial charge in [-0.15, -0.1) is 17.0 Å². The third-order valence-corrected chi connectivity index (χ3v) is 5.00. The Kier molecular flexibility index (Phi) is 5.65. The molecule has 3 N–H and O–H groups in total. The number of hydrogen-bond acceptors (Lipinski definition) is 2. The highest BCUT2D eigenvalue weighted by Gasteiger charge is 2.11. The van der Waals surface area contributed by atoms with Crippen LogP contribution in [0.4, 0.5) is 5.69 Å². The average molecular weight is 427 g/mol. The van der Waals surface area contributed by atoms with E-state index >= 15 is 0 Å². The molecule has 0 aliphatic heterocycles. The van der Waals surface area contributed by atoms with E-state index in [0.717, 1.165) is 29.4 Å². The first kappa shape index (κ1) is 19.2. The van der Waals surface area contributed by atoms with Crippen molar-refractivity contribution in [3.05, 3.63) is 75.6 Å². The molecule has 1 aliphatic rings. The molecule has 6 heteroatoms. The lowest BCUT2D eigenvalue weighted by Crippen LogP contribution is -2.25. The Balaban J connectivity index is 0.00000210. The molecule has 27 heavy (non-hydrogen) atoms. The van der Waals surface area contributed by atoms with Crippen molar-refractivity contribution in [3.63, 3.8) is 0 Å². The minimum atomic E-state index is -0.0437. The Labute approximate surface area is 168 Å². The molecular formula is C21H23BrN4O. The van der Waals surface area contributed by atoms with Crippen LogP contribution in [0.15, 0.2) is 58.3 Å². The summed E-state index contributed by atoms with van der Waals surface area (Å²) in [5.74, 6) is 0.318. The Morgan fingerprint density at radius 3 is 2.78 bits per heavy atom. The molecule has 0 fully saturated rings. The van der Waals surface area contributed by atoms with Crippen molar-refractivity contribution in [2.24, 2.45) is 17.8 Å². The number of para-hydroxylation sites is 1. The van der Waals surface area contributed by atoms with E-state index in [-0.39, 0.29) is 29.1 Å². The highest BCUT2D eigenvalue weighted by atomic mass is 79.9. The van der Waals surface area contributed by atoms with Gasteiger partial charge < -0.3 is 15.6 Å². The molecule has 0 radical (unpaired) electrons. The molecule has 3 aromatic rings. The smallest absolute Gasteiger partial charge is 0.255 e. The third-order valence-electron chi connectivity index (χ3n) is 5.00. The normalized spacial score (nSPS) is 13.3. The molecule has 0 saturated heterocycles. The van der Waals surface area contributed by atoms with Crippen LogP contribution in [-0.4, -0.2) is 10.5 Å². The van der Waals surface area contributed by atoms with Gasteiger partial charge in [0, 0.05) is 18.3 Å². The van der Waals surface area contributed by atoms with Gasteiger partial charge in [-0.05, 0) is 60.0 Å². The molecule has 1 heterocycles. The minimum Gasteiger partial charge on any atom is -0.370 e. The summed E-state index contributed by atoms with van der Waals surface area (Å²) in [6, 6.07) is 16.0. The maximum absolute atomic E-state index is 12.5. The Bertz CT molecular complexity index is 1070. The Morgan fingerprint density at radius 2 is 1.93 bits per heavy atom. The largest absolute Gasteiger partial charge is 0.370 e. The van der Waals surface area contributed by atoms with Gasteiger partial charge in [0.15, 0.2) is 5.96 Å². The Hall–Kier alpha value is -2.60. The highest BCUT2D eigenvalue weighted by Crippen LogP contribution is 2.24. The van der Waals surface area contributed by atoms with Crippen LogP contribution in [0.2, 0.25) is 0 Å². The zero-order valence-electron chi connectivity index (χ0n) is 15.2. The van der Waals surface area contributed by atoms with E-state index in [0.29, 0.717) is 11.5 Å². The maximum atomic E-state index is 12.5. The van der Waals surface area contributed by atoms with Crippen LogP contribution in [0.1, 0.15) is 23.1 Å². The number of hydrogen-bond donors (Lipinski definition) is 2. The molecule has 0 unspecified atom stereocenters. The molecule has 0 bridgehead atoms. The monoisotopic (exact) mass is 426 g/mol. The van der Waals surface area contributed by atoms with E-state index in [2.05, 4.69) is 22.4 Å². The highest BCUT2D eigenvalue weighted by molar-refractivity contribution is 8.93. The number of fused-ring (bicyclic) bond motifs is 2. The summed E-state index contributed by atoms with van der Waals surface area (Å²) in [6.45, 7) is 0.251. The number of anilines is 1. The van der Waals surface area contributed by atoms with Gasteiger partial charge in [0.05, 0.1) is 12.1 Å². The maximum Gasteiger partial charge on any atom is 0.255 e. The molecular weight excluding hydrogens is 404 g/mol. The minimum absolute atomic E-state index is 0. The standard InChI is InChI=1S/C21H22N4O.BrH/c1-25-19-8-3-2-5-16(19)11-17(20(25)26)13-23-21(22)24-18-10-9-14-6-4-7-15(14)12-18;/h2-3,5,8-12H,4,6-7,13H2,1H3,(H3,22,23,24);1H. The second-order valence-electron chi connectivity index (χ2n) is 6.76. The molecule has 0 spiro atoms. The van der Waals surface area contributed by atoms with Gasteiger partial charge in [-0.1, -0.05) is 24.3 Å². The number of guanidine groups is 1. The SMILES string of the molecule is Br.Cn1c(=O)c(CN=C(N)Nc2ccc3c(c2)CCC3)cc2ccccc21. The summed E-state index contributed by atoms with van der Waals surface area (Å²) < 4.78 is 1.66. The van der Waals surface area contributed by atoms with Crippen LogP contribution in [-0.2, 0) is 26.4 Å². The van der Waals surface area contributed by atoms with Gasteiger partial charge in [0.1, 0.15) is 0 Å². The quantitative estimate of drug-likeness (QED) is 0.496. The van der Waals surface area contributed by atoms with Crippen LogP contribution >= 0.6 is 17.0 Å². The summed E-state index contributed by atoms with van der Waals surface area (Å²) in [6.07, 6.45) is 3.49. The molecule has 5 nitrogen and oxygen atoms in total. The van der Waals surface area contributed by atoms with Crippen LogP contribution in [0.25, 0.3) is 10.9 Å². The van der Waals surface area contributed by atoms with Gasteiger partial charge in [-0.25, -0.2) is 4.99 Å². The van der Waals surface area contributed by atoms with Gasteiger partial charge in [0.2, 0.25) is 0 Å².